The Morgan fingerprint density at radius 1 is 1.16 bits per heavy atom. The highest BCUT2D eigenvalue weighted by molar-refractivity contribution is 14.1. The number of amides is 1. The molecule has 0 radical (unpaired) electrons. The molecule has 2 rings (SSSR count). The number of aryl methyl sites for hydroxylation is 1. The van der Waals surface area contributed by atoms with Crippen LogP contribution in [0.25, 0.3) is 0 Å². The summed E-state index contributed by atoms with van der Waals surface area (Å²) in [6, 6.07) is 12.7. The van der Waals surface area contributed by atoms with Crippen LogP contribution >= 0.6 is 22.6 Å². The minimum Gasteiger partial charge on any atom is -0.507 e. The molecule has 3 nitrogen and oxygen atoms in total. The number of carbonyl (C=O) groups excluding carboxylic acids is 1. The number of nitrogens with zero attached hydrogens (tertiary/aromatic N) is 1. The third kappa shape index (κ3) is 3.07. The van der Waals surface area contributed by atoms with Crippen LogP contribution in [0.1, 0.15) is 15.9 Å². The third-order valence-corrected chi connectivity index (χ3v) is 3.83. The van der Waals surface area contributed by atoms with Crippen molar-refractivity contribution >= 4 is 34.2 Å². The van der Waals surface area contributed by atoms with Crippen LogP contribution < -0.4 is 4.90 Å². The monoisotopic (exact) mass is 367 g/mol. The molecule has 4 heteroatoms. The number of rotatable bonds is 2. The van der Waals surface area contributed by atoms with Crippen LogP contribution in [0.3, 0.4) is 0 Å². The summed E-state index contributed by atoms with van der Waals surface area (Å²) >= 11 is 2.02. The summed E-state index contributed by atoms with van der Waals surface area (Å²) in [7, 11) is 1.72. The average molecular weight is 367 g/mol. The average Bonchev–Trinajstić information content (AvgIpc) is 2.41. The molecule has 1 N–H and O–H groups in total. The van der Waals surface area contributed by atoms with Gasteiger partial charge in [0.05, 0.1) is 3.57 Å². The van der Waals surface area contributed by atoms with Crippen molar-refractivity contribution < 1.29 is 9.90 Å². The van der Waals surface area contributed by atoms with Gasteiger partial charge >= 0.3 is 0 Å². The van der Waals surface area contributed by atoms with Crippen molar-refractivity contribution in [2.24, 2.45) is 0 Å². The molecule has 1 amide bonds. The second-order valence-electron chi connectivity index (χ2n) is 4.37. The Balaban J connectivity index is 2.28. The Morgan fingerprint density at radius 2 is 1.79 bits per heavy atom. The lowest BCUT2D eigenvalue weighted by molar-refractivity contribution is 0.0992. The topological polar surface area (TPSA) is 40.5 Å². The molecule has 98 valence electrons. The summed E-state index contributed by atoms with van der Waals surface area (Å²) in [5.74, 6) is -0.0145. The van der Waals surface area contributed by atoms with Crippen molar-refractivity contribution in [3.63, 3.8) is 0 Å². The van der Waals surface area contributed by atoms with Gasteiger partial charge in [-0.1, -0.05) is 17.7 Å². The molecule has 0 aromatic heterocycles. The van der Waals surface area contributed by atoms with E-state index in [-0.39, 0.29) is 11.7 Å². The molecule has 0 saturated heterocycles. The molecule has 0 aliphatic rings. The fraction of sp³-hybridized carbons (Fsp3) is 0.133. The number of halogens is 1. The standard InChI is InChI=1S/C15H14INO2/c1-10-3-6-12(7-4-10)17(2)15(19)11-5-8-13(16)14(18)9-11/h3-9,18H,1-2H3. The molecule has 0 unspecified atom stereocenters. The van der Waals surface area contributed by atoms with E-state index in [1.54, 1.807) is 24.1 Å². The number of phenols is 1. The van der Waals surface area contributed by atoms with Gasteiger partial charge < -0.3 is 10.0 Å². The molecule has 0 aliphatic heterocycles. The van der Waals surface area contributed by atoms with Crippen molar-refractivity contribution in [2.75, 3.05) is 11.9 Å². The van der Waals surface area contributed by atoms with Crippen LogP contribution in [0.2, 0.25) is 0 Å². The maximum atomic E-state index is 12.3. The Morgan fingerprint density at radius 3 is 2.37 bits per heavy atom. The zero-order chi connectivity index (χ0) is 14.0. The highest BCUT2D eigenvalue weighted by Crippen LogP contribution is 2.22. The van der Waals surface area contributed by atoms with E-state index in [0.29, 0.717) is 5.56 Å². The van der Waals surface area contributed by atoms with E-state index in [1.807, 2.05) is 53.8 Å². The molecule has 0 spiro atoms. The summed E-state index contributed by atoms with van der Waals surface area (Å²) in [4.78, 5) is 13.9. The first kappa shape index (κ1) is 13.9. The van der Waals surface area contributed by atoms with Gasteiger partial charge in [-0.25, -0.2) is 0 Å². The number of hydrogen-bond acceptors (Lipinski definition) is 2. The lowest BCUT2D eigenvalue weighted by Gasteiger charge is -2.17. The number of aromatic hydroxyl groups is 1. The maximum Gasteiger partial charge on any atom is 0.258 e. The Bertz CT molecular complexity index is 608. The smallest absolute Gasteiger partial charge is 0.258 e. The van der Waals surface area contributed by atoms with Gasteiger partial charge in [0.25, 0.3) is 5.91 Å². The minimum absolute atomic E-state index is 0.128. The molecule has 0 atom stereocenters. The van der Waals surface area contributed by atoms with Gasteiger partial charge in [0.2, 0.25) is 0 Å². The molecular formula is C15H14INO2. The van der Waals surface area contributed by atoms with E-state index in [9.17, 15) is 9.90 Å². The van der Waals surface area contributed by atoms with E-state index >= 15 is 0 Å². The van der Waals surface area contributed by atoms with Crippen molar-refractivity contribution in [3.8, 4) is 5.75 Å². The fourth-order valence-electron chi connectivity index (χ4n) is 1.72. The quantitative estimate of drug-likeness (QED) is 0.825. The summed E-state index contributed by atoms with van der Waals surface area (Å²) in [5, 5.41) is 9.66. The van der Waals surface area contributed by atoms with Crippen molar-refractivity contribution in [1.29, 1.82) is 0 Å². The van der Waals surface area contributed by atoms with Crippen LogP contribution in [0, 0.1) is 10.5 Å². The number of hydrogen-bond donors (Lipinski definition) is 1. The fourth-order valence-corrected chi connectivity index (χ4v) is 2.06. The largest absolute Gasteiger partial charge is 0.507 e. The molecule has 19 heavy (non-hydrogen) atoms. The van der Waals surface area contributed by atoms with Crippen molar-refractivity contribution in [2.45, 2.75) is 6.92 Å². The van der Waals surface area contributed by atoms with Crippen molar-refractivity contribution in [3.05, 3.63) is 57.2 Å². The molecular weight excluding hydrogens is 353 g/mol. The molecule has 0 fully saturated rings. The summed E-state index contributed by atoms with van der Waals surface area (Å²) < 4.78 is 0.729. The predicted molar refractivity (Wildman–Crippen MR) is 84.7 cm³/mol. The summed E-state index contributed by atoms with van der Waals surface area (Å²) in [6.45, 7) is 2.00. The van der Waals surface area contributed by atoms with E-state index in [2.05, 4.69) is 0 Å². The summed E-state index contributed by atoms with van der Waals surface area (Å²) in [6.07, 6.45) is 0. The number of anilines is 1. The van der Waals surface area contributed by atoms with Crippen LogP contribution in [-0.4, -0.2) is 18.1 Å². The second kappa shape index (κ2) is 5.61. The lowest BCUT2D eigenvalue weighted by atomic mass is 10.1. The molecule has 0 aliphatic carbocycles. The third-order valence-electron chi connectivity index (χ3n) is 2.92. The van der Waals surface area contributed by atoms with Crippen LogP contribution in [0.4, 0.5) is 5.69 Å². The summed E-state index contributed by atoms with van der Waals surface area (Å²) in [5.41, 5.74) is 2.45. The lowest BCUT2D eigenvalue weighted by Crippen LogP contribution is -2.26. The first-order valence-electron chi connectivity index (χ1n) is 5.82. The van der Waals surface area contributed by atoms with Gasteiger partial charge in [-0.15, -0.1) is 0 Å². The van der Waals surface area contributed by atoms with Crippen LogP contribution in [0.5, 0.6) is 5.75 Å². The maximum absolute atomic E-state index is 12.3. The van der Waals surface area contributed by atoms with Gasteiger partial charge in [-0.2, -0.15) is 0 Å². The number of phenolic OH excluding ortho intramolecular Hbond substituents is 1. The SMILES string of the molecule is Cc1ccc(N(C)C(=O)c2ccc(I)c(O)c2)cc1. The molecule has 2 aromatic carbocycles. The van der Waals surface area contributed by atoms with Crippen LogP contribution in [-0.2, 0) is 0 Å². The van der Waals surface area contributed by atoms with E-state index in [1.165, 1.54) is 6.07 Å². The van der Waals surface area contributed by atoms with Gasteiger partial charge in [0, 0.05) is 18.3 Å². The normalized spacial score (nSPS) is 10.3. The second-order valence-corrected chi connectivity index (χ2v) is 5.53. The van der Waals surface area contributed by atoms with E-state index in [4.69, 9.17) is 0 Å². The van der Waals surface area contributed by atoms with Gasteiger partial charge in [0.1, 0.15) is 5.75 Å². The molecule has 0 bridgehead atoms. The highest BCUT2D eigenvalue weighted by atomic mass is 127. The first-order chi connectivity index (χ1) is 8.99. The van der Waals surface area contributed by atoms with E-state index in [0.717, 1.165) is 14.8 Å². The highest BCUT2D eigenvalue weighted by Gasteiger charge is 2.14. The predicted octanol–water partition coefficient (Wildman–Crippen LogP) is 3.58. The molecule has 0 heterocycles. The number of carbonyl (C=O) groups is 1. The number of benzene rings is 2. The van der Waals surface area contributed by atoms with Crippen molar-refractivity contribution in [1.82, 2.24) is 0 Å². The zero-order valence-corrected chi connectivity index (χ0v) is 12.9. The zero-order valence-electron chi connectivity index (χ0n) is 10.7. The molecule has 2 aromatic rings. The first-order valence-corrected chi connectivity index (χ1v) is 6.90. The van der Waals surface area contributed by atoms with Gasteiger partial charge in [-0.3, -0.25) is 4.79 Å². The Kier molecular flexibility index (Phi) is 4.09. The minimum atomic E-state index is -0.143. The van der Waals surface area contributed by atoms with Gasteiger partial charge in [0.15, 0.2) is 0 Å². The Hall–Kier alpha value is -1.56. The van der Waals surface area contributed by atoms with Crippen LogP contribution in [0.15, 0.2) is 42.5 Å². The van der Waals surface area contributed by atoms with E-state index < -0.39 is 0 Å². The molecule has 0 saturated carbocycles. The Labute approximate surface area is 126 Å². The van der Waals surface area contributed by atoms with Gasteiger partial charge in [-0.05, 0) is 59.8 Å².